The van der Waals surface area contributed by atoms with Gasteiger partial charge < -0.3 is 15.4 Å². The first kappa shape index (κ1) is 16.4. The zero-order chi connectivity index (χ0) is 16.3. The Bertz CT molecular complexity index is 540. The molecule has 2 saturated heterocycles. The van der Waals surface area contributed by atoms with Crippen LogP contribution < -0.4 is 5.73 Å². The zero-order valence-electron chi connectivity index (χ0n) is 13.5. The maximum Gasteiger partial charge on any atom is 0.230 e. The number of halogens is 1. The maximum absolute atomic E-state index is 13.0. The van der Waals surface area contributed by atoms with E-state index in [4.69, 9.17) is 10.5 Å². The zero-order valence-corrected chi connectivity index (χ0v) is 13.5. The number of hydrogen-bond donors (Lipinski definition) is 1. The van der Waals surface area contributed by atoms with E-state index >= 15 is 0 Å². The number of nitrogens with two attached hydrogens (primary N) is 1. The summed E-state index contributed by atoms with van der Waals surface area (Å²) in [6.07, 6.45) is 3.34. The molecule has 0 aromatic heterocycles. The van der Waals surface area contributed by atoms with Gasteiger partial charge in [-0.2, -0.15) is 0 Å². The number of benzene rings is 1. The van der Waals surface area contributed by atoms with Crippen LogP contribution >= 0.6 is 0 Å². The van der Waals surface area contributed by atoms with Gasteiger partial charge in [0.15, 0.2) is 0 Å². The molecule has 1 aromatic carbocycles. The molecule has 4 nitrogen and oxygen atoms in total. The highest BCUT2D eigenvalue weighted by atomic mass is 19.1. The smallest absolute Gasteiger partial charge is 0.230 e. The Balaban J connectivity index is 1.60. The van der Waals surface area contributed by atoms with Gasteiger partial charge in [-0.05, 0) is 49.3 Å². The van der Waals surface area contributed by atoms with Gasteiger partial charge in [0.05, 0.1) is 5.41 Å². The van der Waals surface area contributed by atoms with Gasteiger partial charge in [-0.1, -0.05) is 12.1 Å². The number of hydrogen-bond acceptors (Lipinski definition) is 3. The molecule has 0 saturated carbocycles. The van der Waals surface area contributed by atoms with Crippen LogP contribution in [0.2, 0.25) is 0 Å². The molecule has 23 heavy (non-hydrogen) atoms. The standard InChI is InChI=1S/C18H25FN2O2/c19-16-3-1-14(2-4-16)11-15-5-8-21(12-15)17(22)18(13-20)6-9-23-10-7-18/h1-4,15H,5-13,20H2. The van der Waals surface area contributed by atoms with Crippen molar-refractivity contribution in [1.82, 2.24) is 4.90 Å². The number of amides is 1. The first-order chi connectivity index (χ1) is 11.1. The Hall–Kier alpha value is -1.46. The third-order valence-electron chi connectivity index (χ3n) is 5.31. The van der Waals surface area contributed by atoms with Gasteiger partial charge in [0.25, 0.3) is 0 Å². The van der Waals surface area contributed by atoms with Crippen molar-refractivity contribution in [3.8, 4) is 0 Å². The number of ether oxygens (including phenoxy) is 1. The first-order valence-electron chi connectivity index (χ1n) is 8.45. The van der Waals surface area contributed by atoms with Crippen molar-refractivity contribution < 1.29 is 13.9 Å². The van der Waals surface area contributed by atoms with E-state index < -0.39 is 5.41 Å². The third kappa shape index (κ3) is 3.56. The molecule has 2 fully saturated rings. The van der Waals surface area contributed by atoms with Crippen LogP contribution in [0.5, 0.6) is 0 Å². The molecule has 5 heteroatoms. The molecule has 2 heterocycles. The summed E-state index contributed by atoms with van der Waals surface area (Å²) in [6.45, 7) is 3.21. The maximum atomic E-state index is 13.0. The van der Waals surface area contributed by atoms with E-state index in [1.165, 1.54) is 12.1 Å². The lowest BCUT2D eigenvalue weighted by Gasteiger charge is -2.37. The van der Waals surface area contributed by atoms with Crippen molar-refractivity contribution in [3.05, 3.63) is 35.6 Å². The number of carbonyl (C=O) groups excluding carboxylic acids is 1. The number of rotatable bonds is 4. The largest absolute Gasteiger partial charge is 0.381 e. The van der Waals surface area contributed by atoms with Gasteiger partial charge in [0, 0.05) is 32.8 Å². The van der Waals surface area contributed by atoms with Gasteiger partial charge in [-0.15, -0.1) is 0 Å². The second-order valence-electron chi connectivity index (χ2n) is 6.83. The molecular weight excluding hydrogens is 295 g/mol. The van der Waals surface area contributed by atoms with Crippen LogP contribution in [0.4, 0.5) is 4.39 Å². The fraction of sp³-hybridized carbons (Fsp3) is 0.611. The molecule has 0 aliphatic carbocycles. The molecule has 2 aliphatic rings. The van der Waals surface area contributed by atoms with Crippen molar-refractivity contribution in [3.63, 3.8) is 0 Å². The summed E-state index contributed by atoms with van der Waals surface area (Å²) in [7, 11) is 0. The van der Waals surface area contributed by atoms with Gasteiger partial charge in [-0.25, -0.2) is 4.39 Å². The lowest BCUT2D eigenvalue weighted by atomic mass is 9.79. The molecule has 126 valence electrons. The fourth-order valence-electron chi connectivity index (χ4n) is 3.74. The van der Waals surface area contributed by atoms with Crippen molar-refractivity contribution in [1.29, 1.82) is 0 Å². The lowest BCUT2D eigenvalue weighted by molar-refractivity contribution is -0.146. The summed E-state index contributed by atoms with van der Waals surface area (Å²) in [5.74, 6) is 0.436. The van der Waals surface area contributed by atoms with Crippen LogP contribution in [0, 0.1) is 17.2 Å². The van der Waals surface area contributed by atoms with Crippen LogP contribution in [0.3, 0.4) is 0 Å². The molecule has 0 bridgehead atoms. The molecule has 1 unspecified atom stereocenters. The molecule has 3 rings (SSSR count). The number of carbonyl (C=O) groups is 1. The average molecular weight is 320 g/mol. The van der Waals surface area contributed by atoms with Crippen molar-refractivity contribution >= 4 is 5.91 Å². The van der Waals surface area contributed by atoms with Gasteiger partial charge in [-0.3, -0.25) is 4.79 Å². The molecule has 0 spiro atoms. The predicted octanol–water partition coefficient (Wildman–Crippen LogP) is 1.97. The number of nitrogens with zero attached hydrogens (tertiary/aromatic N) is 1. The van der Waals surface area contributed by atoms with Gasteiger partial charge in [0.1, 0.15) is 5.82 Å². The molecule has 1 aromatic rings. The van der Waals surface area contributed by atoms with Crippen LogP contribution in [0.25, 0.3) is 0 Å². The highest BCUT2D eigenvalue weighted by Crippen LogP contribution is 2.34. The summed E-state index contributed by atoms with van der Waals surface area (Å²) >= 11 is 0. The van der Waals surface area contributed by atoms with E-state index in [1.54, 1.807) is 0 Å². The van der Waals surface area contributed by atoms with Crippen LogP contribution in [-0.4, -0.2) is 43.7 Å². The Kier molecular flexibility index (Phi) is 4.97. The molecule has 2 N–H and O–H groups in total. The van der Waals surface area contributed by atoms with Gasteiger partial charge >= 0.3 is 0 Å². The monoisotopic (exact) mass is 320 g/mol. The minimum Gasteiger partial charge on any atom is -0.381 e. The SMILES string of the molecule is NCC1(C(=O)N2CCC(Cc3ccc(F)cc3)C2)CCOCC1. The summed E-state index contributed by atoms with van der Waals surface area (Å²) < 4.78 is 18.4. The minimum absolute atomic E-state index is 0.199. The Morgan fingerprint density at radius 1 is 1.30 bits per heavy atom. The number of likely N-dealkylation sites (tertiary alicyclic amines) is 1. The van der Waals surface area contributed by atoms with E-state index in [0.29, 0.717) is 25.7 Å². The normalized spacial score (nSPS) is 23.9. The molecule has 1 atom stereocenters. The highest BCUT2D eigenvalue weighted by molar-refractivity contribution is 5.83. The molecule has 2 aliphatic heterocycles. The van der Waals surface area contributed by atoms with E-state index in [-0.39, 0.29) is 11.7 Å². The predicted molar refractivity (Wildman–Crippen MR) is 86.3 cm³/mol. The Morgan fingerprint density at radius 2 is 2.00 bits per heavy atom. The van der Waals surface area contributed by atoms with E-state index in [9.17, 15) is 9.18 Å². The van der Waals surface area contributed by atoms with Crippen molar-refractivity contribution in [2.45, 2.75) is 25.7 Å². The fourth-order valence-corrected chi connectivity index (χ4v) is 3.74. The first-order valence-corrected chi connectivity index (χ1v) is 8.45. The quantitative estimate of drug-likeness (QED) is 0.923. The van der Waals surface area contributed by atoms with E-state index in [1.807, 2.05) is 17.0 Å². The molecular formula is C18H25FN2O2. The summed E-state index contributed by atoms with van der Waals surface area (Å²) in [5, 5.41) is 0. The lowest BCUT2D eigenvalue weighted by Crippen LogP contribution is -2.50. The second-order valence-corrected chi connectivity index (χ2v) is 6.83. The topological polar surface area (TPSA) is 55.6 Å². The third-order valence-corrected chi connectivity index (χ3v) is 5.31. The Labute approximate surface area is 136 Å². The Morgan fingerprint density at radius 3 is 2.65 bits per heavy atom. The second kappa shape index (κ2) is 6.97. The highest BCUT2D eigenvalue weighted by Gasteiger charge is 2.43. The van der Waals surface area contributed by atoms with Crippen LogP contribution in [0.15, 0.2) is 24.3 Å². The molecule has 1 amide bonds. The van der Waals surface area contributed by atoms with E-state index in [0.717, 1.165) is 44.3 Å². The van der Waals surface area contributed by atoms with E-state index in [2.05, 4.69) is 0 Å². The summed E-state index contributed by atoms with van der Waals surface area (Å²) in [6, 6.07) is 6.66. The summed E-state index contributed by atoms with van der Waals surface area (Å²) in [5.41, 5.74) is 6.64. The summed E-state index contributed by atoms with van der Waals surface area (Å²) in [4.78, 5) is 14.9. The van der Waals surface area contributed by atoms with Crippen LogP contribution in [0.1, 0.15) is 24.8 Å². The van der Waals surface area contributed by atoms with Crippen molar-refractivity contribution in [2.75, 3.05) is 32.8 Å². The average Bonchev–Trinajstić information content (AvgIpc) is 3.05. The van der Waals surface area contributed by atoms with Gasteiger partial charge in [0.2, 0.25) is 5.91 Å². The van der Waals surface area contributed by atoms with Crippen LogP contribution in [-0.2, 0) is 16.0 Å². The minimum atomic E-state index is -0.428. The molecule has 0 radical (unpaired) electrons. The van der Waals surface area contributed by atoms with Crippen molar-refractivity contribution in [2.24, 2.45) is 17.1 Å².